The largest absolute Gasteiger partial charge is 0.399 e. The second-order valence-corrected chi connectivity index (χ2v) is 6.28. The Labute approximate surface area is 114 Å². The summed E-state index contributed by atoms with van der Waals surface area (Å²) in [4.78, 5) is 0.177. The molecule has 0 heterocycles. The van der Waals surface area contributed by atoms with Crippen molar-refractivity contribution in [3.8, 4) is 0 Å². The summed E-state index contributed by atoms with van der Waals surface area (Å²) in [6.07, 6.45) is 0. The smallest absolute Gasteiger partial charge is 0.261 e. The van der Waals surface area contributed by atoms with Crippen molar-refractivity contribution >= 4 is 37.3 Å². The van der Waals surface area contributed by atoms with E-state index in [0.717, 1.165) is 4.47 Å². The van der Waals surface area contributed by atoms with E-state index in [4.69, 9.17) is 5.73 Å². The van der Waals surface area contributed by atoms with Gasteiger partial charge in [0.15, 0.2) is 0 Å². The minimum absolute atomic E-state index is 0.177. The fraction of sp³-hybridized carbons (Fsp3) is 0. The summed E-state index contributed by atoms with van der Waals surface area (Å²) in [5, 5.41) is 0. The molecule has 2 rings (SSSR count). The molecule has 94 valence electrons. The van der Waals surface area contributed by atoms with Crippen LogP contribution in [0.3, 0.4) is 0 Å². The Morgan fingerprint density at radius 3 is 2.33 bits per heavy atom. The predicted octanol–water partition coefficient (Wildman–Crippen LogP) is 2.83. The summed E-state index contributed by atoms with van der Waals surface area (Å²) in [6.45, 7) is 0. The molecule has 18 heavy (non-hydrogen) atoms. The molecule has 0 atom stereocenters. The number of nitrogens with two attached hydrogens (primary N) is 1. The molecule has 0 aromatic heterocycles. The van der Waals surface area contributed by atoms with Crippen LogP contribution in [0, 0.1) is 0 Å². The SMILES string of the molecule is Nc1ccc(S(=O)(=O)Nc2cccc(Br)c2)cc1. The number of halogens is 1. The highest BCUT2D eigenvalue weighted by molar-refractivity contribution is 9.10. The molecule has 6 heteroatoms. The molecule has 4 nitrogen and oxygen atoms in total. The van der Waals surface area contributed by atoms with Crippen molar-refractivity contribution in [2.24, 2.45) is 0 Å². The summed E-state index contributed by atoms with van der Waals surface area (Å²) in [5.41, 5.74) is 6.55. The molecular formula is C12H11BrN2O2S. The molecule has 3 N–H and O–H groups in total. The van der Waals surface area contributed by atoms with Crippen molar-refractivity contribution in [3.63, 3.8) is 0 Å². The van der Waals surface area contributed by atoms with Gasteiger partial charge in [0, 0.05) is 15.8 Å². The third-order valence-corrected chi connectivity index (χ3v) is 4.16. The van der Waals surface area contributed by atoms with Gasteiger partial charge in [-0.2, -0.15) is 0 Å². The molecule has 0 unspecified atom stereocenters. The summed E-state index contributed by atoms with van der Waals surface area (Å²) in [5.74, 6) is 0. The molecule has 0 aliphatic rings. The van der Waals surface area contributed by atoms with Gasteiger partial charge in [-0.25, -0.2) is 8.42 Å². The Hall–Kier alpha value is -1.53. The minimum atomic E-state index is -3.57. The average molecular weight is 327 g/mol. The van der Waals surface area contributed by atoms with Crippen LogP contribution >= 0.6 is 15.9 Å². The molecule has 0 bridgehead atoms. The van der Waals surface area contributed by atoms with E-state index in [9.17, 15) is 8.42 Å². The van der Waals surface area contributed by atoms with Crippen LogP contribution in [0.25, 0.3) is 0 Å². The number of nitrogens with one attached hydrogen (secondary N) is 1. The molecule has 0 spiro atoms. The van der Waals surface area contributed by atoms with Crippen molar-refractivity contribution < 1.29 is 8.42 Å². The maximum absolute atomic E-state index is 12.1. The average Bonchev–Trinajstić information content (AvgIpc) is 2.29. The zero-order valence-electron chi connectivity index (χ0n) is 9.30. The van der Waals surface area contributed by atoms with Gasteiger partial charge in [-0.15, -0.1) is 0 Å². The van der Waals surface area contributed by atoms with Crippen LogP contribution < -0.4 is 10.5 Å². The Balaban J connectivity index is 2.30. The topological polar surface area (TPSA) is 72.2 Å². The number of nitrogen functional groups attached to an aromatic ring is 1. The molecule has 0 saturated heterocycles. The number of sulfonamides is 1. The first kappa shape index (κ1) is 12.9. The molecule has 0 saturated carbocycles. The third-order valence-electron chi connectivity index (χ3n) is 2.27. The second-order valence-electron chi connectivity index (χ2n) is 3.68. The van der Waals surface area contributed by atoms with Gasteiger partial charge in [0.05, 0.1) is 4.90 Å². The molecule has 0 aliphatic carbocycles. The zero-order valence-corrected chi connectivity index (χ0v) is 11.7. The lowest BCUT2D eigenvalue weighted by molar-refractivity contribution is 0.601. The van der Waals surface area contributed by atoms with Crippen LogP contribution in [0.1, 0.15) is 0 Å². The van der Waals surface area contributed by atoms with Crippen molar-refractivity contribution in [2.45, 2.75) is 4.90 Å². The van der Waals surface area contributed by atoms with Gasteiger partial charge in [0.2, 0.25) is 0 Å². The first-order valence-corrected chi connectivity index (χ1v) is 7.39. The Bertz CT molecular complexity index is 654. The van der Waals surface area contributed by atoms with Crippen LogP contribution in [0.2, 0.25) is 0 Å². The van der Waals surface area contributed by atoms with Gasteiger partial charge in [-0.3, -0.25) is 4.72 Å². The highest BCUT2D eigenvalue weighted by Gasteiger charge is 2.13. The molecule has 0 amide bonds. The zero-order chi connectivity index (χ0) is 13.2. The van der Waals surface area contributed by atoms with Crippen LogP contribution in [-0.4, -0.2) is 8.42 Å². The van der Waals surface area contributed by atoms with Crippen molar-refractivity contribution in [1.29, 1.82) is 0 Å². The van der Waals surface area contributed by atoms with Crippen molar-refractivity contribution in [1.82, 2.24) is 0 Å². The highest BCUT2D eigenvalue weighted by Crippen LogP contribution is 2.20. The van der Waals surface area contributed by atoms with E-state index in [-0.39, 0.29) is 4.90 Å². The summed E-state index contributed by atoms with van der Waals surface area (Å²) in [6, 6.07) is 13.0. The first-order chi connectivity index (χ1) is 8.47. The van der Waals surface area contributed by atoms with Crippen molar-refractivity contribution in [3.05, 3.63) is 53.0 Å². The van der Waals surface area contributed by atoms with Crippen LogP contribution in [-0.2, 0) is 10.0 Å². The molecule has 2 aromatic carbocycles. The van der Waals surface area contributed by atoms with Gasteiger partial charge >= 0.3 is 0 Å². The van der Waals surface area contributed by atoms with E-state index in [0.29, 0.717) is 11.4 Å². The molecule has 0 radical (unpaired) electrons. The monoisotopic (exact) mass is 326 g/mol. The molecule has 0 fully saturated rings. The lowest BCUT2D eigenvalue weighted by Crippen LogP contribution is -2.12. The number of hydrogen-bond donors (Lipinski definition) is 2. The highest BCUT2D eigenvalue weighted by atomic mass is 79.9. The van der Waals surface area contributed by atoms with Gasteiger partial charge < -0.3 is 5.73 Å². The lowest BCUT2D eigenvalue weighted by Gasteiger charge is -2.08. The molecule has 2 aromatic rings. The van der Waals surface area contributed by atoms with E-state index in [2.05, 4.69) is 20.7 Å². The van der Waals surface area contributed by atoms with Gasteiger partial charge in [-0.1, -0.05) is 22.0 Å². The second kappa shape index (κ2) is 4.99. The van der Waals surface area contributed by atoms with E-state index in [1.54, 1.807) is 30.3 Å². The van der Waals surface area contributed by atoms with Gasteiger partial charge in [-0.05, 0) is 42.5 Å². The number of benzene rings is 2. The predicted molar refractivity (Wildman–Crippen MR) is 75.8 cm³/mol. The van der Waals surface area contributed by atoms with Gasteiger partial charge in [0.25, 0.3) is 10.0 Å². The number of hydrogen-bond acceptors (Lipinski definition) is 3. The Kier molecular flexibility index (Phi) is 3.58. The molecule has 0 aliphatic heterocycles. The lowest BCUT2D eigenvalue weighted by atomic mass is 10.3. The normalized spacial score (nSPS) is 11.2. The number of anilines is 2. The fourth-order valence-corrected chi connectivity index (χ4v) is 2.86. The Morgan fingerprint density at radius 1 is 1.06 bits per heavy atom. The van der Waals surface area contributed by atoms with E-state index >= 15 is 0 Å². The summed E-state index contributed by atoms with van der Waals surface area (Å²) in [7, 11) is -3.57. The quantitative estimate of drug-likeness (QED) is 0.852. The van der Waals surface area contributed by atoms with Crippen molar-refractivity contribution in [2.75, 3.05) is 10.5 Å². The first-order valence-electron chi connectivity index (χ1n) is 5.11. The maximum atomic E-state index is 12.1. The molecular weight excluding hydrogens is 316 g/mol. The van der Waals surface area contributed by atoms with Crippen LogP contribution in [0.15, 0.2) is 57.9 Å². The fourth-order valence-electron chi connectivity index (χ4n) is 1.41. The summed E-state index contributed by atoms with van der Waals surface area (Å²) < 4.78 is 27.4. The van der Waals surface area contributed by atoms with Crippen LogP contribution in [0.5, 0.6) is 0 Å². The van der Waals surface area contributed by atoms with E-state index in [1.165, 1.54) is 12.1 Å². The summed E-state index contributed by atoms with van der Waals surface area (Å²) >= 11 is 3.28. The number of rotatable bonds is 3. The van der Waals surface area contributed by atoms with E-state index in [1.807, 2.05) is 6.07 Å². The van der Waals surface area contributed by atoms with Crippen LogP contribution in [0.4, 0.5) is 11.4 Å². The maximum Gasteiger partial charge on any atom is 0.261 e. The van der Waals surface area contributed by atoms with Gasteiger partial charge in [0.1, 0.15) is 0 Å². The van der Waals surface area contributed by atoms with E-state index < -0.39 is 10.0 Å². The third kappa shape index (κ3) is 3.02. The Morgan fingerprint density at radius 2 is 1.72 bits per heavy atom. The minimum Gasteiger partial charge on any atom is -0.399 e. The standard InChI is InChI=1S/C12H11BrN2O2S/c13-9-2-1-3-11(8-9)15-18(16,17)12-6-4-10(14)5-7-12/h1-8,15H,14H2.